The first-order chi connectivity index (χ1) is 32.2. The highest BCUT2D eigenvalue weighted by Crippen LogP contribution is 2.57. The Bertz CT molecular complexity index is 2140. The van der Waals surface area contributed by atoms with Crippen molar-refractivity contribution in [1.82, 2.24) is 0 Å². The van der Waals surface area contributed by atoms with E-state index in [-0.39, 0.29) is 28.8 Å². The van der Waals surface area contributed by atoms with E-state index in [1.807, 2.05) is 0 Å². The van der Waals surface area contributed by atoms with Gasteiger partial charge in [-0.2, -0.15) is 0 Å². The van der Waals surface area contributed by atoms with Crippen molar-refractivity contribution in [3.8, 4) is 33.4 Å². The summed E-state index contributed by atoms with van der Waals surface area (Å²) in [5.41, 5.74) is 18.0. The van der Waals surface area contributed by atoms with Gasteiger partial charge in [-0.3, -0.25) is 9.59 Å². The highest BCUT2D eigenvalue weighted by atomic mass is 16.1. The molecule has 2 heteroatoms. The van der Waals surface area contributed by atoms with E-state index >= 15 is 0 Å². The lowest BCUT2D eigenvalue weighted by Crippen LogP contribution is -2.26. The molecule has 0 aromatic heterocycles. The summed E-state index contributed by atoms with van der Waals surface area (Å²) in [6.07, 6.45) is 36.3. The molecule has 0 heterocycles. The first kappa shape index (κ1) is 51.6. The SMILES string of the molecule is CCCCCCCCC1(CCCCCCCC)c2cc(C)ccc2-c2ccc(-c3ccc4c(c3)C(CCCCCC)(CCCCCCCCCCC(=O)CC(C)=O)c3cc(C)ccc3-4)cc21. The van der Waals surface area contributed by atoms with Gasteiger partial charge in [-0.25, -0.2) is 0 Å². The molecule has 0 spiro atoms. The molecule has 0 radical (unpaired) electrons. The number of hydrogen-bond donors (Lipinski definition) is 0. The molecule has 0 saturated carbocycles. The van der Waals surface area contributed by atoms with Gasteiger partial charge < -0.3 is 0 Å². The quantitative estimate of drug-likeness (QED) is 0.0353. The molecule has 2 nitrogen and oxygen atoms in total. The van der Waals surface area contributed by atoms with Crippen LogP contribution >= 0.6 is 0 Å². The van der Waals surface area contributed by atoms with E-state index in [9.17, 15) is 9.59 Å². The second-order valence-electron chi connectivity index (χ2n) is 21.4. The highest BCUT2D eigenvalue weighted by Gasteiger charge is 2.44. The summed E-state index contributed by atoms with van der Waals surface area (Å²) < 4.78 is 0. The first-order valence-electron chi connectivity index (χ1n) is 27.7. The van der Waals surface area contributed by atoms with Crippen LogP contribution in [0.15, 0.2) is 72.8 Å². The summed E-state index contributed by atoms with van der Waals surface area (Å²) in [7, 11) is 0. The van der Waals surface area contributed by atoms with Crippen LogP contribution in [0.3, 0.4) is 0 Å². The van der Waals surface area contributed by atoms with Crippen LogP contribution in [0, 0.1) is 13.8 Å². The molecular formula is C64H90O2. The Morgan fingerprint density at radius 2 is 0.682 bits per heavy atom. The lowest BCUT2D eigenvalue weighted by Gasteiger charge is -2.34. The molecule has 0 aliphatic heterocycles. The van der Waals surface area contributed by atoms with E-state index in [0.717, 1.165) is 12.8 Å². The molecule has 6 rings (SSSR count). The number of carbonyl (C=O) groups is 2. The van der Waals surface area contributed by atoms with Crippen molar-refractivity contribution in [3.63, 3.8) is 0 Å². The molecule has 0 amide bonds. The van der Waals surface area contributed by atoms with Crippen LogP contribution in [0.2, 0.25) is 0 Å². The topological polar surface area (TPSA) is 34.1 Å². The molecule has 0 fully saturated rings. The fourth-order valence-corrected chi connectivity index (χ4v) is 12.3. The van der Waals surface area contributed by atoms with Crippen LogP contribution in [0.5, 0.6) is 0 Å². The number of unbranched alkanes of at least 4 members (excludes halogenated alkanes) is 20. The van der Waals surface area contributed by atoms with Crippen molar-refractivity contribution in [1.29, 1.82) is 0 Å². The summed E-state index contributed by atoms with van der Waals surface area (Å²) in [6.45, 7) is 13.1. The van der Waals surface area contributed by atoms with Gasteiger partial charge in [-0.05, 0) is 121 Å². The van der Waals surface area contributed by atoms with Gasteiger partial charge >= 0.3 is 0 Å². The average molecular weight is 891 g/mol. The molecule has 66 heavy (non-hydrogen) atoms. The highest BCUT2D eigenvalue weighted by molar-refractivity contribution is 5.97. The Kier molecular flexibility index (Phi) is 20.4. The number of aryl methyl sites for hydroxylation is 2. The van der Waals surface area contributed by atoms with Crippen molar-refractivity contribution in [2.75, 3.05) is 0 Å². The fraction of sp³-hybridized carbons (Fsp3) is 0.594. The van der Waals surface area contributed by atoms with Crippen molar-refractivity contribution >= 4 is 11.6 Å². The Morgan fingerprint density at radius 1 is 0.379 bits per heavy atom. The number of hydrogen-bond acceptors (Lipinski definition) is 2. The maximum Gasteiger partial charge on any atom is 0.140 e. The molecule has 0 saturated heterocycles. The molecular weight excluding hydrogens is 801 g/mol. The van der Waals surface area contributed by atoms with Gasteiger partial charge in [-0.1, -0.05) is 240 Å². The van der Waals surface area contributed by atoms with Gasteiger partial charge in [0.15, 0.2) is 0 Å². The van der Waals surface area contributed by atoms with E-state index in [1.165, 1.54) is 218 Å². The lowest BCUT2D eigenvalue weighted by molar-refractivity contribution is -0.125. The van der Waals surface area contributed by atoms with Gasteiger partial charge in [0.2, 0.25) is 0 Å². The molecule has 1 atom stereocenters. The zero-order valence-electron chi connectivity index (χ0n) is 43.0. The summed E-state index contributed by atoms with van der Waals surface area (Å²) in [5.74, 6) is 0.0963. The Hall–Kier alpha value is -3.78. The van der Waals surface area contributed by atoms with Crippen molar-refractivity contribution in [2.45, 2.75) is 245 Å². The van der Waals surface area contributed by atoms with Crippen LogP contribution < -0.4 is 0 Å². The van der Waals surface area contributed by atoms with Gasteiger partial charge in [0, 0.05) is 17.3 Å². The number of fused-ring (bicyclic) bond motifs is 6. The Labute approximate surface area is 404 Å². The van der Waals surface area contributed by atoms with Crippen LogP contribution in [0.25, 0.3) is 33.4 Å². The van der Waals surface area contributed by atoms with Crippen LogP contribution in [0.4, 0.5) is 0 Å². The third-order valence-corrected chi connectivity index (χ3v) is 16.0. The second kappa shape index (κ2) is 26.1. The van der Waals surface area contributed by atoms with E-state index in [0.29, 0.717) is 6.42 Å². The maximum atomic E-state index is 12.0. The molecule has 0 N–H and O–H groups in total. The molecule has 2 aliphatic rings. The largest absolute Gasteiger partial charge is 0.300 e. The van der Waals surface area contributed by atoms with Crippen LogP contribution in [0.1, 0.15) is 254 Å². The maximum absolute atomic E-state index is 12.0. The normalized spacial score (nSPS) is 15.4. The predicted molar refractivity (Wildman–Crippen MR) is 285 cm³/mol. The molecule has 358 valence electrons. The summed E-state index contributed by atoms with van der Waals surface area (Å²) in [5, 5.41) is 0. The van der Waals surface area contributed by atoms with Crippen LogP contribution in [-0.4, -0.2) is 11.6 Å². The number of benzene rings is 4. The number of Topliss-reactive ketones (excluding diaryl/α,β-unsaturated/α-hetero) is 2. The van der Waals surface area contributed by atoms with Gasteiger partial charge in [0.1, 0.15) is 11.6 Å². The molecule has 4 aromatic rings. The molecule has 4 aromatic carbocycles. The van der Waals surface area contributed by atoms with Gasteiger partial charge in [0.25, 0.3) is 0 Å². The zero-order chi connectivity index (χ0) is 46.8. The minimum Gasteiger partial charge on any atom is -0.300 e. The summed E-state index contributed by atoms with van der Waals surface area (Å²) in [4.78, 5) is 23.3. The monoisotopic (exact) mass is 891 g/mol. The Balaban J connectivity index is 1.29. The first-order valence-corrected chi connectivity index (χ1v) is 27.7. The van der Waals surface area contributed by atoms with Crippen molar-refractivity contribution < 1.29 is 9.59 Å². The minimum absolute atomic E-state index is 0.0116. The van der Waals surface area contributed by atoms with Crippen LogP contribution in [-0.2, 0) is 20.4 Å². The third-order valence-electron chi connectivity index (χ3n) is 16.0. The second-order valence-corrected chi connectivity index (χ2v) is 21.4. The summed E-state index contributed by atoms with van der Waals surface area (Å²) in [6, 6.07) is 30.0. The Morgan fingerprint density at radius 3 is 1.05 bits per heavy atom. The predicted octanol–water partition coefficient (Wildman–Crippen LogP) is 19.4. The fourth-order valence-electron chi connectivity index (χ4n) is 12.3. The van der Waals surface area contributed by atoms with Gasteiger partial charge in [-0.15, -0.1) is 0 Å². The van der Waals surface area contributed by atoms with Crippen molar-refractivity contribution in [2.24, 2.45) is 0 Å². The molecule has 1 unspecified atom stereocenters. The smallest absolute Gasteiger partial charge is 0.140 e. The standard InChI is InChI=1S/C64H90O2/c1-7-10-13-16-23-28-41-64(42-29-24-17-14-11-8-2)60-45-50(5)33-37-56(60)58-39-35-53(48-62(58)64)52-34-38-57-55-36-32-49(4)44-59(55)63(61(57)47-52,40-27-15-12-9-3)43-30-25-21-19-18-20-22-26-31-54(66)46-51(6)65/h32-39,44-45,47-48H,7-31,40-43,46H2,1-6H3. The van der Waals surface area contributed by atoms with Gasteiger partial charge in [0.05, 0.1) is 6.42 Å². The molecule has 0 bridgehead atoms. The van der Waals surface area contributed by atoms with Crippen molar-refractivity contribution in [3.05, 3.63) is 106 Å². The van der Waals surface area contributed by atoms with E-state index in [4.69, 9.17) is 0 Å². The lowest BCUT2D eigenvalue weighted by atomic mass is 9.69. The van der Waals surface area contributed by atoms with E-state index in [2.05, 4.69) is 107 Å². The third kappa shape index (κ3) is 13.0. The number of carbonyl (C=O) groups excluding carboxylic acids is 2. The van der Waals surface area contributed by atoms with E-state index in [1.54, 1.807) is 22.3 Å². The number of ketones is 2. The average Bonchev–Trinajstić information content (AvgIpc) is 3.72. The number of rotatable bonds is 33. The van der Waals surface area contributed by atoms with E-state index < -0.39 is 0 Å². The minimum atomic E-state index is -0.0116. The summed E-state index contributed by atoms with van der Waals surface area (Å²) >= 11 is 0. The molecule has 2 aliphatic carbocycles. The zero-order valence-corrected chi connectivity index (χ0v) is 43.0.